The summed E-state index contributed by atoms with van der Waals surface area (Å²) in [7, 11) is 1.68. The Balaban J connectivity index is -0.000000271. The van der Waals surface area contributed by atoms with Crippen molar-refractivity contribution in [2.75, 3.05) is 7.05 Å². The van der Waals surface area contributed by atoms with Crippen LogP contribution in [0.4, 0.5) is 0 Å². The molecule has 0 bridgehead atoms. The van der Waals surface area contributed by atoms with E-state index in [1.54, 1.807) is 7.05 Å². The monoisotopic (exact) mass is 275 g/mol. The van der Waals surface area contributed by atoms with E-state index in [0.717, 1.165) is 6.42 Å². The van der Waals surface area contributed by atoms with Crippen molar-refractivity contribution in [3.63, 3.8) is 0 Å². The van der Waals surface area contributed by atoms with E-state index >= 15 is 0 Å². The average molecular weight is 275 g/mol. The van der Waals surface area contributed by atoms with Gasteiger partial charge in [-0.1, -0.05) is 48.5 Å². The maximum atomic E-state index is 11.0. The van der Waals surface area contributed by atoms with Gasteiger partial charge in [-0.15, -0.1) is 0 Å². The minimum atomic E-state index is -0.711. The second kappa shape index (κ2) is 13.4. The summed E-state index contributed by atoms with van der Waals surface area (Å²) in [6, 6.07) is 0. The van der Waals surface area contributed by atoms with Crippen LogP contribution >= 0.6 is 0 Å². The first-order valence-corrected chi connectivity index (χ1v) is 7.09. The Morgan fingerprint density at radius 2 is 1.63 bits per heavy atom. The van der Waals surface area contributed by atoms with E-state index in [0.29, 0.717) is 18.8 Å². The summed E-state index contributed by atoms with van der Waals surface area (Å²) >= 11 is 0. The molecule has 0 heterocycles. The zero-order valence-corrected chi connectivity index (χ0v) is 14.0. The molecule has 0 aliphatic carbocycles. The van der Waals surface area contributed by atoms with E-state index < -0.39 is 5.97 Å². The molecule has 2 N–H and O–H groups in total. The lowest BCUT2D eigenvalue weighted by atomic mass is 9.78. The highest BCUT2D eigenvalue weighted by Crippen LogP contribution is 2.29. The fourth-order valence-corrected chi connectivity index (χ4v) is 0.920. The summed E-state index contributed by atoms with van der Waals surface area (Å²) in [5, 5.41) is 10.6. The predicted molar refractivity (Wildman–Crippen MR) is 81.2 cm³/mol. The standard InChI is InChI=1S/C9H19NO.C4H8O2.C2H6/c1-7(2)9(3,4)6-8(11)10-5;1-2-3-4(5)6;1-2/h7H,6H2,1-5H3,(H,10,11);2-3H2,1H3,(H,5,6);1-2H3. The van der Waals surface area contributed by atoms with Crippen LogP contribution in [0.15, 0.2) is 0 Å². The first kappa shape index (κ1) is 23.1. The maximum Gasteiger partial charge on any atom is 0.303 e. The van der Waals surface area contributed by atoms with Gasteiger partial charge in [0.2, 0.25) is 5.91 Å². The zero-order valence-electron chi connectivity index (χ0n) is 14.0. The lowest BCUT2D eigenvalue weighted by Gasteiger charge is -2.27. The van der Waals surface area contributed by atoms with Crippen molar-refractivity contribution in [1.82, 2.24) is 5.32 Å². The SMILES string of the molecule is CC.CCCC(=O)O.CNC(=O)CC(C)(C)C(C)C. The van der Waals surface area contributed by atoms with Crippen molar-refractivity contribution in [3.8, 4) is 0 Å². The molecule has 0 aliphatic rings. The molecule has 4 heteroatoms. The van der Waals surface area contributed by atoms with Crippen LogP contribution in [-0.2, 0) is 9.59 Å². The minimum absolute atomic E-state index is 0.111. The molecule has 0 spiro atoms. The van der Waals surface area contributed by atoms with Gasteiger partial charge in [0, 0.05) is 19.9 Å². The lowest BCUT2D eigenvalue weighted by Crippen LogP contribution is -2.29. The number of nitrogens with one attached hydrogen (secondary N) is 1. The van der Waals surface area contributed by atoms with Crippen molar-refractivity contribution >= 4 is 11.9 Å². The third-order valence-corrected chi connectivity index (χ3v) is 2.92. The smallest absolute Gasteiger partial charge is 0.303 e. The number of hydrogen-bond donors (Lipinski definition) is 2. The molecule has 0 aromatic carbocycles. The van der Waals surface area contributed by atoms with Crippen LogP contribution in [0, 0.1) is 11.3 Å². The molecule has 0 radical (unpaired) electrons. The summed E-state index contributed by atoms with van der Waals surface area (Å²) in [6.07, 6.45) is 1.64. The fraction of sp³-hybridized carbons (Fsp3) is 0.867. The number of aliphatic carboxylic acids is 1. The Bertz CT molecular complexity index is 236. The first-order chi connectivity index (χ1) is 8.67. The van der Waals surface area contributed by atoms with E-state index in [1.807, 2.05) is 20.8 Å². The van der Waals surface area contributed by atoms with Crippen LogP contribution in [0.1, 0.15) is 67.7 Å². The molecule has 0 rings (SSSR count). The van der Waals surface area contributed by atoms with Gasteiger partial charge in [-0.3, -0.25) is 9.59 Å². The van der Waals surface area contributed by atoms with Gasteiger partial charge >= 0.3 is 5.97 Å². The Labute approximate surface area is 119 Å². The largest absolute Gasteiger partial charge is 0.481 e. The summed E-state index contributed by atoms with van der Waals surface area (Å²) in [5.74, 6) is -0.0407. The van der Waals surface area contributed by atoms with Crippen molar-refractivity contribution in [2.24, 2.45) is 11.3 Å². The Morgan fingerprint density at radius 3 is 1.79 bits per heavy atom. The van der Waals surface area contributed by atoms with Crippen LogP contribution in [0.3, 0.4) is 0 Å². The fourth-order valence-electron chi connectivity index (χ4n) is 0.920. The summed E-state index contributed by atoms with van der Waals surface area (Å²) in [5.41, 5.74) is 0.111. The molecule has 0 fully saturated rings. The molecule has 19 heavy (non-hydrogen) atoms. The minimum Gasteiger partial charge on any atom is -0.481 e. The molecule has 0 aromatic rings. The van der Waals surface area contributed by atoms with Crippen molar-refractivity contribution in [2.45, 2.75) is 67.7 Å². The molecular formula is C15H33NO3. The van der Waals surface area contributed by atoms with Crippen LogP contribution in [0.2, 0.25) is 0 Å². The lowest BCUT2D eigenvalue weighted by molar-refractivity contribution is -0.137. The molecule has 0 saturated heterocycles. The third kappa shape index (κ3) is 16.9. The Kier molecular flexibility index (Phi) is 16.2. The topological polar surface area (TPSA) is 66.4 Å². The van der Waals surface area contributed by atoms with Crippen molar-refractivity contribution in [1.29, 1.82) is 0 Å². The van der Waals surface area contributed by atoms with E-state index in [2.05, 4.69) is 33.0 Å². The number of amides is 1. The molecule has 0 atom stereocenters. The summed E-state index contributed by atoms with van der Waals surface area (Å²) < 4.78 is 0. The van der Waals surface area contributed by atoms with Gasteiger partial charge in [0.1, 0.15) is 0 Å². The first-order valence-electron chi connectivity index (χ1n) is 7.09. The number of carboxylic acid groups (broad SMARTS) is 1. The Hall–Kier alpha value is -1.06. The van der Waals surface area contributed by atoms with Crippen LogP contribution in [-0.4, -0.2) is 24.0 Å². The van der Waals surface area contributed by atoms with Gasteiger partial charge in [0.15, 0.2) is 0 Å². The van der Waals surface area contributed by atoms with E-state index in [4.69, 9.17) is 5.11 Å². The molecule has 1 amide bonds. The van der Waals surface area contributed by atoms with Crippen molar-refractivity contribution < 1.29 is 14.7 Å². The highest BCUT2D eigenvalue weighted by molar-refractivity contribution is 5.76. The predicted octanol–water partition coefficient (Wildman–Crippen LogP) is 3.70. The third-order valence-electron chi connectivity index (χ3n) is 2.92. The van der Waals surface area contributed by atoms with Crippen molar-refractivity contribution in [3.05, 3.63) is 0 Å². The van der Waals surface area contributed by atoms with E-state index in [9.17, 15) is 9.59 Å². The number of hydrogen-bond acceptors (Lipinski definition) is 2. The van der Waals surface area contributed by atoms with E-state index in [1.165, 1.54) is 0 Å². The van der Waals surface area contributed by atoms with Gasteiger partial charge in [-0.05, 0) is 17.8 Å². The van der Waals surface area contributed by atoms with Crippen LogP contribution in [0.25, 0.3) is 0 Å². The number of rotatable bonds is 5. The molecular weight excluding hydrogens is 242 g/mol. The molecule has 0 aliphatic heterocycles. The normalized spacial score (nSPS) is 9.74. The number of carboxylic acids is 1. The summed E-state index contributed by atoms with van der Waals surface area (Å²) in [4.78, 5) is 20.6. The van der Waals surface area contributed by atoms with Crippen LogP contribution in [0.5, 0.6) is 0 Å². The number of carbonyl (C=O) groups is 2. The molecule has 0 aromatic heterocycles. The highest BCUT2D eigenvalue weighted by Gasteiger charge is 2.24. The van der Waals surface area contributed by atoms with Gasteiger partial charge in [-0.2, -0.15) is 0 Å². The number of carbonyl (C=O) groups excluding carboxylic acids is 1. The maximum absolute atomic E-state index is 11.0. The van der Waals surface area contributed by atoms with E-state index in [-0.39, 0.29) is 11.3 Å². The average Bonchev–Trinajstić information content (AvgIpc) is 2.31. The second-order valence-corrected chi connectivity index (χ2v) is 5.14. The molecule has 116 valence electrons. The van der Waals surface area contributed by atoms with Gasteiger partial charge in [0.25, 0.3) is 0 Å². The van der Waals surface area contributed by atoms with Gasteiger partial charge < -0.3 is 10.4 Å². The summed E-state index contributed by atoms with van der Waals surface area (Å²) in [6.45, 7) is 14.4. The highest BCUT2D eigenvalue weighted by atomic mass is 16.4. The second-order valence-electron chi connectivity index (χ2n) is 5.14. The quantitative estimate of drug-likeness (QED) is 0.804. The van der Waals surface area contributed by atoms with Crippen LogP contribution < -0.4 is 5.32 Å². The van der Waals surface area contributed by atoms with Gasteiger partial charge in [-0.25, -0.2) is 0 Å². The Morgan fingerprint density at radius 1 is 1.21 bits per heavy atom. The van der Waals surface area contributed by atoms with Gasteiger partial charge in [0.05, 0.1) is 0 Å². The molecule has 0 saturated carbocycles. The molecule has 0 unspecified atom stereocenters. The zero-order chi connectivity index (χ0) is 16.1. The molecule has 4 nitrogen and oxygen atoms in total.